The number of hydrogen-bond acceptors (Lipinski definition) is 3. The van der Waals surface area contributed by atoms with Gasteiger partial charge in [-0.15, -0.1) is 10.2 Å². The Morgan fingerprint density at radius 2 is 2.27 bits per heavy atom. The molecule has 0 saturated heterocycles. The van der Waals surface area contributed by atoms with Crippen molar-refractivity contribution in [3.8, 4) is 11.5 Å². The smallest absolute Gasteiger partial charge is 0.182 e. The fraction of sp³-hybridized carbons (Fsp3) is 0.364. The first kappa shape index (κ1) is 8.59. The van der Waals surface area contributed by atoms with Crippen LogP contribution in [0.1, 0.15) is 25.2 Å². The summed E-state index contributed by atoms with van der Waals surface area (Å²) in [6.07, 6.45) is 3.97. The summed E-state index contributed by atoms with van der Waals surface area (Å²) in [4.78, 5) is 4.31. The van der Waals surface area contributed by atoms with Gasteiger partial charge in [0.15, 0.2) is 5.82 Å². The largest absolute Gasteiger partial charge is 0.307 e. The van der Waals surface area contributed by atoms with Crippen molar-refractivity contribution in [3.05, 3.63) is 30.2 Å². The van der Waals surface area contributed by atoms with Gasteiger partial charge in [-0.3, -0.25) is 4.98 Å². The van der Waals surface area contributed by atoms with Crippen LogP contribution < -0.4 is 0 Å². The molecule has 0 bridgehead atoms. The van der Waals surface area contributed by atoms with Crippen molar-refractivity contribution in [3.63, 3.8) is 0 Å². The third-order valence-corrected chi connectivity index (χ3v) is 2.89. The van der Waals surface area contributed by atoms with Crippen molar-refractivity contribution in [1.29, 1.82) is 0 Å². The lowest BCUT2D eigenvalue weighted by Gasteiger charge is -2.08. The van der Waals surface area contributed by atoms with Crippen LogP contribution in [0, 0.1) is 0 Å². The van der Waals surface area contributed by atoms with E-state index in [9.17, 15) is 0 Å². The molecule has 15 heavy (non-hydrogen) atoms. The summed E-state index contributed by atoms with van der Waals surface area (Å²) in [5.41, 5.74) is 0.907. The molecule has 1 aliphatic rings. The Morgan fingerprint density at radius 1 is 1.33 bits per heavy atom. The summed E-state index contributed by atoms with van der Waals surface area (Å²) in [7, 11) is 0. The molecule has 0 fully saturated rings. The molecule has 3 heterocycles. The first-order valence-corrected chi connectivity index (χ1v) is 5.21. The van der Waals surface area contributed by atoms with Crippen molar-refractivity contribution in [2.75, 3.05) is 0 Å². The molecule has 76 valence electrons. The van der Waals surface area contributed by atoms with Crippen LogP contribution in [0.3, 0.4) is 0 Å². The van der Waals surface area contributed by atoms with Crippen LogP contribution in [0.15, 0.2) is 24.4 Å². The maximum Gasteiger partial charge on any atom is 0.182 e. The molecule has 0 spiro atoms. The van der Waals surface area contributed by atoms with Gasteiger partial charge in [-0.05, 0) is 25.5 Å². The Labute approximate surface area is 88.0 Å². The standard InChI is InChI=1S/C11H12N4/c1-8-5-6-10-13-14-11(15(8)10)9-4-2-3-7-12-9/h2-4,7-8H,5-6H2,1H3. The Balaban J connectivity index is 2.15. The van der Waals surface area contributed by atoms with Crippen LogP contribution in [0.2, 0.25) is 0 Å². The number of aryl methyl sites for hydroxylation is 1. The van der Waals surface area contributed by atoms with Gasteiger partial charge in [0.05, 0.1) is 0 Å². The van der Waals surface area contributed by atoms with E-state index in [0.717, 1.165) is 30.2 Å². The molecule has 1 aliphatic heterocycles. The highest BCUT2D eigenvalue weighted by molar-refractivity contribution is 5.49. The quantitative estimate of drug-likeness (QED) is 0.705. The third kappa shape index (κ3) is 1.25. The lowest BCUT2D eigenvalue weighted by Crippen LogP contribution is -2.02. The van der Waals surface area contributed by atoms with Gasteiger partial charge in [-0.1, -0.05) is 6.07 Å². The molecular formula is C11H12N4. The van der Waals surface area contributed by atoms with Gasteiger partial charge in [-0.25, -0.2) is 0 Å². The number of nitrogens with zero attached hydrogens (tertiary/aromatic N) is 4. The molecule has 1 atom stereocenters. The molecule has 3 rings (SSSR count). The zero-order valence-corrected chi connectivity index (χ0v) is 8.59. The van der Waals surface area contributed by atoms with E-state index in [1.807, 2.05) is 18.2 Å². The Kier molecular flexibility index (Phi) is 1.80. The van der Waals surface area contributed by atoms with Gasteiger partial charge in [0.1, 0.15) is 11.5 Å². The summed E-state index contributed by atoms with van der Waals surface area (Å²) >= 11 is 0. The first-order chi connectivity index (χ1) is 7.36. The van der Waals surface area contributed by atoms with Gasteiger partial charge < -0.3 is 4.57 Å². The normalized spacial score (nSPS) is 19.1. The number of pyridine rings is 1. The van der Waals surface area contributed by atoms with Gasteiger partial charge in [-0.2, -0.15) is 0 Å². The lowest BCUT2D eigenvalue weighted by molar-refractivity contribution is 0.581. The van der Waals surface area contributed by atoms with Crippen molar-refractivity contribution < 1.29 is 0 Å². The van der Waals surface area contributed by atoms with E-state index in [4.69, 9.17) is 0 Å². The minimum absolute atomic E-state index is 0.493. The van der Waals surface area contributed by atoms with Crippen LogP contribution in [-0.4, -0.2) is 19.7 Å². The molecule has 1 unspecified atom stereocenters. The highest BCUT2D eigenvalue weighted by Gasteiger charge is 2.24. The van der Waals surface area contributed by atoms with Crippen molar-refractivity contribution in [2.45, 2.75) is 25.8 Å². The molecule has 4 nitrogen and oxygen atoms in total. The molecule has 2 aromatic heterocycles. The predicted molar refractivity (Wildman–Crippen MR) is 56.3 cm³/mol. The fourth-order valence-electron chi connectivity index (χ4n) is 2.09. The number of fused-ring (bicyclic) bond motifs is 1. The van der Waals surface area contributed by atoms with E-state index in [2.05, 4.69) is 26.7 Å². The highest BCUT2D eigenvalue weighted by atomic mass is 15.3. The number of rotatable bonds is 1. The Bertz CT molecular complexity index is 475. The van der Waals surface area contributed by atoms with Crippen molar-refractivity contribution in [2.24, 2.45) is 0 Å². The predicted octanol–water partition coefficient (Wildman–Crippen LogP) is 1.85. The monoisotopic (exact) mass is 200 g/mol. The van der Waals surface area contributed by atoms with Crippen LogP contribution in [0.25, 0.3) is 11.5 Å². The molecule has 0 amide bonds. The summed E-state index contributed by atoms with van der Waals surface area (Å²) in [5, 5.41) is 8.41. The van der Waals surface area contributed by atoms with E-state index in [-0.39, 0.29) is 0 Å². The molecule has 0 N–H and O–H groups in total. The van der Waals surface area contributed by atoms with Crippen molar-refractivity contribution in [1.82, 2.24) is 19.7 Å². The molecule has 0 aromatic carbocycles. The van der Waals surface area contributed by atoms with E-state index in [1.54, 1.807) is 6.20 Å². The molecule has 0 aliphatic carbocycles. The van der Waals surface area contributed by atoms with Gasteiger partial charge in [0.2, 0.25) is 0 Å². The molecule has 0 saturated carbocycles. The van der Waals surface area contributed by atoms with Gasteiger partial charge >= 0.3 is 0 Å². The maximum absolute atomic E-state index is 4.31. The zero-order valence-electron chi connectivity index (χ0n) is 8.59. The van der Waals surface area contributed by atoms with Crippen LogP contribution in [-0.2, 0) is 6.42 Å². The first-order valence-electron chi connectivity index (χ1n) is 5.21. The Morgan fingerprint density at radius 3 is 3.07 bits per heavy atom. The number of hydrogen-bond donors (Lipinski definition) is 0. The molecular weight excluding hydrogens is 188 g/mol. The highest BCUT2D eigenvalue weighted by Crippen LogP contribution is 2.29. The summed E-state index contributed by atoms with van der Waals surface area (Å²) in [6.45, 7) is 2.20. The van der Waals surface area contributed by atoms with E-state index in [1.165, 1.54) is 0 Å². The van der Waals surface area contributed by atoms with Crippen LogP contribution >= 0.6 is 0 Å². The zero-order chi connectivity index (χ0) is 10.3. The fourth-order valence-corrected chi connectivity index (χ4v) is 2.09. The minimum Gasteiger partial charge on any atom is -0.307 e. The molecule has 2 aromatic rings. The van der Waals surface area contributed by atoms with E-state index >= 15 is 0 Å². The van der Waals surface area contributed by atoms with Gasteiger partial charge in [0, 0.05) is 18.7 Å². The van der Waals surface area contributed by atoms with Gasteiger partial charge in [0.25, 0.3) is 0 Å². The summed E-state index contributed by atoms with van der Waals surface area (Å²) in [5.74, 6) is 1.98. The molecule has 0 radical (unpaired) electrons. The maximum atomic E-state index is 4.31. The van der Waals surface area contributed by atoms with Crippen molar-refractivity contribution >= 4 is 0 Å². The number of aromatic nitrogens is 4. The Hall–Kier alpha value is -1.71. The lowest BCUT2D eigenvalue weighted by atomic mass is 10.2. The topological polar surface area (TPSA) is 43.6 Å². The summed E-state index contributed by atoms with van der Waals surface area (Å²) < 4.78 is 2.20. The second-order valence-corrected chi connectivity index (χ2v) is 3.91. The second kappa shape index (κ2) is 3.15. The van der Waals surface area contributed by atoms with Crippen LogP contribution in [0.5, 0.6) is 0 Å². The molecule has 4 heteroatoms. The van der Waals surface area contributed by atoms with Crippen LogP contribution in [0.4, 0.5) is 0 Å². The average Bonchev–Trinajstić information content (AvgIpc) is 2.84. The average molecular weight is 200 g/mol. The third-order valence-electron chi connectivity index (χ3n) is 2.89. The SMILES string of the molecule is CC1CCc2nnc(-c3ccccn3)n21. The second-order valence-electron chi connectivity index (χ2n) is 3.91. The van der Waals surface area contributed by atoms with E-state index in [0.29, 0.717) is 6.04 Å². The minimum atomic E-state index is 0.493. The van der Waals surface area contributed by atoms with E-state index < -0.39 is 0 Å². The summed E-state index contributed by atoms with van der Waals surface area (Å²) in [6, 6.07) is 6.35.